The van der Waals surface area contributed by atoms with Crippen molar-refractivity contribution in [2.75, 3.05) is 7.11 Å². The van der Waals surface area contributed by atoms with Crippen LogP contribution in [0.15, 0.2) is 36.2 Å². The number of rotatable bonds is 9. The Labute approximate surface area is 259 Å². The fourth-order valence-corrected chi connectivity index (χ4v) is 5.95. The Bertz CT molecular complexity index is 1250. The van der Waals surface area contributed by atoms with E-state index in [4.69, 9.17) is 9.26 Å². The van der Waals surface area contributed by atoms with Gasteiger partial charge in [0.15, 0.2) is 6.10 Å². The number of benzene rings is 1. The van der Waals surface area contributed by atoms with Gasteiger partial charge in [0.1, 0.15) is 12.1 Å². The Hall–Kier alpha value is -3.41. The van der Waals surface area contributed by atoms with E-state index in [1.807, 2.05) is 13.8 Å². The quantitative estimate of drug-likeness (QED) is 0.114. The van der Waals surface area contributed by atoms with Crippen molar-refractivity contribution in [2.45, 2.75) is 84.9 Å². The number of amides is 3. The molecule has 5 atom stereocenters. The van der Waals surface area contributed by atoms with E-state index in [0.29, 0.717) is 11.1 Å². The number of esters is 1. The number of fused-ring (bicyclic) bond motifs is 2. The van der Waals surface area contributed by atoms with E-state index < -0.39 is 67.6 Å². The summed E-state index contributed by atoms with van der Waals surface area (Å²) in [6.07, 6.45) is 0.665. The molecule has 13 nitrogen and oxygen atoms in total. The highest BCUT2D eigenvalue weighted by atomic mass is 31.2. The number of ether oxygens (including phenoxy) is 1. The van der Waals surface area contributed by atoms with E-state index >= 15 is 0 Å². The van der Waals surface area contributed by atoms with E-state index in [9.17, 15) is 33.7 Å². The molecule has 1 unspecified atom stereocenters. The first-order chi connectivity index (χ1) is 20.5. The number of carbonyl (C=O) groups excluding carboxylic acids is 4. The van der Waals surface area contributed by atoms with Crippen molar-refractivity contribution < 1.29 is 43.0 Å². The van der Waals surface area contributed by atoms with Crippen LogP contribution in [0.2, 0.25) is 0 Å². The molecule has 5 N–H and O–H groups in total. The average molecular weight is 637 g/mol. The zero-order valence-electron chi connectivity index (χ0n) is 26.3. The van der Waals surface area contributed by atoms with Crippen LogP contribution in [0.4, 0.5) is 0 Å². The van der Waals surface area contributed by atoms with Gasteiger partial charge in [-0.3, -0.25) is 29.9 Å². The van der Waals surface area contributed by atoms with Crippen LogP contribution in [0.3, 0.4) is 0 Å². The second-order valence-corrected chi connectivity index (χ2v) is 13.7. The van der Waals surface area contributed by atoms with Gasteiger partial charge in [0, 0.05) is 18.7 Å². The summed E-state index contributed by atoms with van der Waals surface area (Å²) in [6, 6.07) is 4.29. The summed E-state index contributed by atoms with van der Waals surface area (Å²) in [5.41, 5.74) is 1.23. The number of nitrogens with one attached hydrogen (secondary N) is 4. The molecule has 1 aromatic rings. The van der Waals surface area contributed by atoms with E-state index in [-0.39, 0.29) is 30.7 Å². The molecule has 14 heteroatoms. The van der Waals surface area contributed by atoms with Gasteiger partial charge in [0.25, 0.3) is 0 Å². The monoisotopic (exact) mass is 636 g/mol. The molecule has 246 valence electrons. The predicted molar refractivity (Wildman–Crippen MR) is 161 cm³/mol. The lowest BCUT2D eigenvalue weighted by atomic mass is 10.0. The minimum absolute atomic E-state index is 0.0661. The molecule has 3 amide bonds. The fourth-order valence-electron chi connectivity index (χ4n) is 4.44. The van der Waals surface area contributed by atoms with E-state index in [2.05, 4.69) is 21.3 Å². The summed E-state index contributed by atoms with van der Waals surface area (Å²) in [5, 5.41) is 22.7. The van der Waals surface area contributed by atoms with Crippen molar-refractivity contribution in [2.24, 2.45) is 17.8 Å². The molecule has 1 aromatic carbocycles. The van der Waals surface area contributed by atoms with Gasteiger partial charge in [-0.05, 0) is 28.8 Å². The predicted octanol–water partition coefficient (Wildman–Crippen LogP) is 1.25. The minimum atomic E-state index is -4.80. The minimum Gasteiger partial charge on any atom is -0.861 e. The molecule has 44 heavy (non-hydrogen) atoms. The molecule has 1 aliphatic rings. The first-order valence-electron chi connectivity index (χ1n) is 14.6. The van der Waals surface area contributed by atoms with E-state index in [0.717, 1.165) is 7.11 Å². The highest BCUT2D eigenvalue weighted by Gasteiger charge is 2.37. The molecule has 0 aliphatic carbocycles. The van der Waals surface area contributed by atoms with Crippen LogP contribution < -0.4 is 26.4 Å². The van der Waals surface area contributed by atoms with Crippen LogP contribution in [-0.2, 0) is 46.0 Å². The van der Waals surface area contributed by atoms with Crippen LogP contribution in [0, 0.1) is 24.2 Å². The van der Waals surface area contributed by atoms with Gasteiger partial charge in [-0.1, -0.05) is 71.9 Å². The second-order valence-electron chi connectivity index (χ2n) is 11.8. The summed E-state index contributed by atoms with van der Waals surface area (Å²) < 4.78 is 23.9. The molecule has 1 aliphatic heterocycles. The Balaban J connectivity index is 2.51. The normalized spacial score (nSPS) is 24.5. The number of carbonyl (C=O) groups is 4. The van der Waals surface area contributed by atoms with Crippen LogP contribution in [0.25, 0.3) is 0 Å². The van der Waals surface area contributed by atoms with Crippen LogP contribution in [0.5, 0.6) is 0 Å². The van der Waals surface area contributed by atoms with Crippen LogP contribution in [-0.4, -0.2) is 59.7 Å². The molecule has 0 saturated carbocycles. The zero-order valence-corrected chi connectivity index (χ0v) is 27.2. The maximum atomic E-state index is 13.6. The molecule has 0 radical (unpaired) electrons. The van der Waals surface area contributed by atoms with Crippen molar-refractivity contribution in [3.05, 3.63) is 53.8 Å². The van der Waals surface area contributed by atoms with Gasteiger partial charge < -0.3 is 36.0 Å². The third-order valence-corrected chi connectivity index (χ3v) is 8.17. The van der Waals surface area contributed by atoms with E-state index in [1.54, 1.807) is 52.0 Å². The SMILES string of the molecule is COC(=O)[C@@H]1Cc2cccc(c2)CNC(=O)C[C@H](NC(=O)[C@@H](N/C([O-])=C/C(C)C)C(C)C)C(=O)N[C@@H]([CH-]C(C)C)P(=O)(O)O1. The van der Waals surface area contributed by atoms with Crippen molar-refractivity contribution in [1.82, 2.24) is 21.3 Å². The molecular weight excluding hydrogens is 591 g/mol. The van der Waals surface area contributed by atoms with Gasteiger partial charge in [0.05, 0.1) is 13.5 Å². The lowest BCUT2D eigenvalue weighted by Gasteiger charge is -2.36. The van der Waals surface area contributed by atoms with Gasteiger partial charge in [-0.15, -0.1) is 0 Å². The van der Waals surface area contributed by atoms with Gasteiger partial charge in [-0.2, -0.15) is 5.92 Å². The molecule has 0 fully saturated rings. The maximum absolute atomic E-state index is 13.6. The van der Waals surface area contributed by atoms with Crippen molar-refractivity contribution >= 4 is 31.3 Å². The number of methoxy groups -OCH3 is 1. The van der Waals surface area contributed by atoms with Crippen molar-refractivity contribution in [3.63, 3.8) is 0 Å². The molecule has 0 saturated heterocycles. The highest BCUT2D eigenvalue weighted by molar-refractivity contribution is 7.53. The molecule has 0 aromatic heterocycles. The Kier molecular flexibility index (Phi) is 13.9. The fraction of sp³-hybridized carbons (Fsp3) is 0.567. The Morgan fingerprint density at radius 2 is 1.82 bits per heavy atom. The summed E-state index contributed by atoms with van der Waals surface area (Å²) in [4.78, 5) is 63.6. The summed E-state index contributed by atoms with van der Waals surface area (Å²) in [6.45, 7) is 10.5. The van der Waals surface area contributed by atoms with Crippen LogP contribution >= 0.6 is 7.60 Å². The van der Waals surface area contributed by atoms with Gasteiger partial charge in [0.2, 0.25) is 17.7 Å². The lowest BCUT2D eigenvalue weighted by Crippen LogP contribution is -2.57. The number of hydrogen-bond acceptors (Lipinski definition) is 9. The van der Waals surface area contributed by atoms with Gasteiger partial charge in [-0.25, -0.2) is 4.79 Å². The van der Waals surface area contributed by atoms with Gasteiger partial charge >= 0.3 is 13.6 Å². The third kappa shape index (κ3) is 11.6. The third-order valence-electron chi connectivity index (χ3n) is 6.61. The standard InChI is InChI=1S/C30H46N4O9P/c1-17(2)11-25(36)33-27(19(5)6)29(38)32-22-15-24(35)31-16-21-10-8-9-20(13-21)14-23(30(39)42-7)43-44(40,41)26(12-18(3)4)34-28(22)37/h8-13,17-19,22-23,26-27,33,36H,14-16H2,1-7H3,(H,31,35)(H,32,38)(H,34,37)(H,40,41)/q-1/p-1/b25-11-/t22-,23-,26+,27-/m0/s1. The highest BCUT2D eigenvalue weighted by Crippen LogP contribution is 2.50. The maximum Gasteiger partial charge on any atom is 0.335 e. The first kappa shape index (κ1) is 36.8. The Morgan fingerprint density at radius 1 is 1.16 bits per heavy atom. The topological polar surface area (TPSA) is 195 Å². The summed E-state index contributed by atoms with van der Waals surface area (Å²) in [5.74, 6) is -5.99. The van der Waals surface area contributed by atoms with Crippen LogP contribution in [0.1, 0.15) is 59.1 Å². The van der Waals surface area contributed by atoms with Crippen molar-refractivity contribution in [1.29, 1.82) is 0 Å². The molecule has 1 heterocycles. The Morgan fingerprint density at radius 3 is 2.41 bits per heavy atom. The summed E-state index contributed by atoms with van der Waals surface area (Å²) >= 11 is 0. The molecular formula is C30H45N4O9P-2. The number of hydrogen-bond donors (Lipinski definition) is 5. The smallest absolute Gasteiger partial charge is 0.335 e. The first-order valence-corrected chi connectivity index (χ1v) is 16.2. The zero-order chi connectivity index (χ0) is 33.2. The molecule has 2 rings (SSSR count). The van der Waals surface area contributed by atoms with E-state index in [1.165, 1.54) is 12.5 Å². The molecule has 0 spiro atoms. The van der Waals surface area contributed by atoms with Crippen molar-refractivity contribution in [3.8, 4) is 0 Å². The second kappa shape index (κ2) is 16.6. The average Bonchev–Trinajstić information content (AvgIpc) is 2.92. The number of allylic oxidation sites excluding steroid dienone is 1. The summed E-state index contributed by atoms with van der Waals surface area (Å²) in [7, 11) is -3.68. The largest absolute Gasteiger partial charge is 0.861 e. The molecule has 2 bridgehead atoms. The lowest BCUT2D eigenvalue weighted by molar-refractivity contribution is -0.314.